The smallest absolute Gasteiger partial charge is 0.261 e. The van der Waals surface area contributed by atoms with E-state index < -0.39 is 0 Å². The molecule has 0 aliphatic carbocycles. The lowest BCUT2D eigenvalue weighted by Gasteiger charge is -2.05. The molecule has 0 atom stereocenters. The van der Waals surface area contributed by atoms with Gasteiger partial charge in [0.2, 0.25) is 0 Å². The van der Waals surface area contributed by atoms with E-state index in [1.807, 2.05) is 31.2 Å². The maximum atomic E-state index is 12.0. The predicted molar refractivity (Wildman–Crippen MR) is 65.1 cm³/mol. The molecule has 0 bridgehead atoms. The summed E-state index contributed by atoms with van der Waals surface area (Å²) in [6, 6.07) is 9.50. The van der Waals surface area contributed by atoms with Gasteiger partial charge in [0.15, 0.2) is 0 Å². The first-order valence-electron chi connectivity index (χ1n) is 5.46. The third-order valence-corrected chi connectivity index (χ3v) is 3.30. The number of nitrogens with zero attached hydrogens (tertiary/aromatic N) is 1. The lowest BCUT2D eigenvalue weighted by Crippen LogP contribution is -2.24. The molecule has 0 N–H and O–H groups in total. The monoisotopic (exact) mass is 225 g/mol. The van der Waals surface area contributed by atoms with Crippen LogP contribution in [0.2, 0.25) is 0 Å². The van der Waals surface area contributed by atoms with E-state index in [4.69, 9.17) is 0 Å². The number of benzene rings is 2. The van der Waals surface area contributed by atoms with Crippen LogP contribution in [0.5, 0.6) is 0 Å². The van der Waals surface area contributed by atoms with Crippen LogP contribution in [-0.2, 0) is 0 Å². The van der Waals surface area contributed by atoms with Crippen molar-refractivity contribution >= 4 is 22.6 Å². The number of carbonyl (C=O) groups excluding carboxylic acids is 2. The Morgan fingerprint density at radius 2 is 1.65 bits per heavy atom. The van der Waals surface area contributed by atoms with Crippen molar-refractivity contribution in [2.45, 2.75) is 6.92 Å². The topological polar surface area (TPSA) is 37.4 Å². The zero-order chi connectivity index (χ0) is 12.2. The summed E-state index contributed by atoms with van der Waals surface area (Å²) in [6.07, 6.45) is 0. The molecule has 84 valence electrons. The molecule has 3 rings (SSSR count). The van der Waals surface area contributed by atoms with Crippen LogP contribution >= 0.6 is 0 Å². The first kappa shape index (κ1) is 10.0. The highest BCUT2D eigenvalue weighted by molar-refractivity contribution is 6.26. The second-order valence-corrected chi connectivity index (χ2v) is 4.33. The Labute approximate surface area is 98.6 Å². The van der Waals surface area contributed by atoms with Crippen molar-refractivity contribution in [2.75, 3.05) is 7.05 Å². The molecular formula is C14H11NO2. The Kier molecular flexibility index (Phi) is 1.87. The van der Waals surface area contributed by atoms with E-state index in [2.05, 4.69) is 0 Å². The summed E-state index contributed by atoms with van der Waals surface area (Å²) in [7, 11) is 1.52. The van der Waals surface area contributed by atoms with Gasteiger partial charge in [-0.25, -0.2) is 0 Å². The van der Waals surface area contributed by atoms with Crippen molar-refractivity contribution in [3.05, 3.63) is 47.0 Å². The van der Waals surface area contributed by atoms with Crippen molar-refractivity contribution in [1.29, 1.82) is 0 Å². The normalized spacial score (nSPS) is 14.6. The van der Waals surface area contributed by atoms with Crippen molar-refractivity contribution in [3.8, 4) is 0 Å². The molecule has 0 saturated carbocycles. The van der Waals surface area contributed by atoms with Crippen LogP contribution in [0, 0.1) is 6.92 Å². The number of aryl methyl sites for hydroxylation is 1. The van der Waals surface area contributed by atoms with E-state index in [1.54, 1.807) is 6.07 Å². The lowest BCUT2D eigenvalue weighted by molar-refractivity contribution is 0.0693. The van der Waals surface area contributed by atoms with Gasteiger partial charge in [0.25, 0.3) is 11.8 Å². The predicted octanol–water partition coefficient (Wildman–Crippen LogP) is 2.37. The van der Waals surface area contributed by atoms with E-state index in [1.165, 1.54) is 11.9 Å². The minimum absolute atomic E-state index is 0.207. The first-order valence-corrected chi connectivity index (χ1v) is 5.46. The molecule has 0 fully saturated rings. The zero-order valence-electron chi connectivity index (χ0n) is 9.65. The SMILES string of the molecule is Cc1cc2c(c3ccccc13)C(=O)N(C)C2=O. The van der Waals surface area contributed by atoms with Crippen molar-refractivity contribution in [3.63, 3.8) is 0 Å². The zero-order valence-corrected chi connectivity index (χ0v) is 9.65. The van der Waals surface area contributed by atoms with Gasteiger partial charge >= 0.3 is 0 Å². The Bertz CT molecular complexity index is 673. The van der Waals surface area contributed by atoms with E-state index in [9.17, 15) is 9.59 Å². The van der Waals surface area contributed by atoms with Crippen LogP contribution in [-0.4, -0.2) is 23.8 Å². The van der Waals surface area contributed by atoms with Gasteiger partial charge in [0, 0.05) is 7.05 Å². The van der Waals surface area contributed by atoms with Crippen LogP contribution in [0.1, 0.15) is 26.3 Å². The molecule has 1 heterocycles. The molecule has 3 heteroatoms. The number of carbonyl (C=O) groups is 2. The molecule has 0 unspecified atom stereocenters. The molecule has 0 spiro atoms. The summed E-state index contributed by atoms with van der Waals surface area (Å²) in [5.41, 5.74) is 2.09. The molecule has 1 aliphatic rings. The average molecular weight is 225 g/mol. The molecule has 0 radical (unpaired) electrons. The summed E-state index contributed by atoms with van der Waals surface area (Å²) >= 11 is 0. The third kappa shape index (κ3) is 1.16. The molecule has 2 amide bonds. The number of rotatable bonds is 0. The molecule has 0 aromatic heterocycles. The van der Waals surface area contributed by atoms with Gasteiger partial charge < -0.3 is 0 Å². The second-order valence-electron chi connectivity index (χ2n) is 4.33. The van der Waals surface area contributed by atoms with Crippen LogP contribution in [0.4, 0.5) is 0 Å². The molecule has 2 aromatic carbocycles. The van der Waals surface area contributed by atoms with Crippen LogP contribution in [0.25, 0.3) is 10.8 Å². The Morgan fingerprint density at radius 1 is 1.00 bits per heavy atom. The molecule has 1 aliphatic heterocycles. The van der Waals surface area contributed by atoms with Gasteiger partial charge in [-0.1, -0.05) is 24.3 Å². The summed E-state index contributed by atoms with van der Waals surface area (Å²) in [5, 5.41) is 1.90. The van der Waals surface area contributed by atoms with E-state index in [0.717, 1.165) is 16.3 Å². The van der Waals surface area contributed by atoms with Crippen molar-refractivity contribution < 1.29 is 9.59 Å². The summed E-state index contributed by atoms with van der Waals surface area (Å²) in [4.78, 5) is 25.1. The quantitative estimate of drug-likeness (QED) is 0.645. The third-order valence-electron chi connectivity index (χ3n) is 3.30. The van der Waals surface area contributed by atoms with Gasteiger partial charge in [-0.15, -0.1) is 0 Å². The minimum atomic E-state index is -0.209. The largest absolute Gasteiger partial charge is 0.277 e. The van der Waals surface area contributed by atoms with Gasteiger partial charge in [-0.3, -0.25) is 14.5 Å². The standard InChI is InChI=1S/C14H11NO2/c1-8-7-11-12(14(17)15(2)13(11)16)10-6-4-3-5-9(8)10/h3-7H,1-2H3. The van der Waals surface area contributed by atoms with E-state index in [0.29, 0.717) is 11.1 Å². The fourth-order valence-electron chi connectivity index (χ4n) is 2.40. The fourth-order valence-corrected chi connectivity index (χ4v) is 2.40. The van der Waals surface area contributed by atoms with Crippen molar-refractivity contribution in [2.24, 2.45) is 0 Å². The minimum Gasteiger partial charge on any atom is -0.277 e. The molecule has 0 saturated heterocycles. The van der Waals surface area contributed by atoms with Gasteiger partial charge in [0.05, 0.1) is 11.1 Å². The number of fused-ring (bicyclic) bond motifs is 3. The molecule has 17 heavy (non-hydrogen) atoms. The van der Waals surface area contributed by atoms with E-state index in [-0.39, 0.29) is 11.8 Å². The van der Waals surface area contributed by atoms with Crippen molar-refractivity contribution in [1.82, 2.24) is 4.90 Å². The first-order chi connectivity index (χ1) is 8.11. The molecular weight excluding hydrogens is 214 g/mol. The van der Waals surface area contributed by atoms with Crippen LogP contribution in [0.15, 0.2) is 30.3 Å². The number of hydrogen-bond donors (Lipinski definition) is 0. The Morgan fingerprint density at radius 3 is 2.35 bits per heavy atom. The van der Waals surface area contributed by atoms with Gasteiger partial charge in [0.1, 0.15) is 0 Å². The summed E-state index contributed by atoms with van der Waals surface area (Å²) < 4.78 is 0. The van der Waals surface area contributed by atoms with Gasteiger partial charge in [-0.05, 0) is 29.3 Å². The highest BCUT2D eigenvalue weighted by Crippen LogP contribution is 2.31. The van der Waals surface area contributed by atoms with Crippen LogP contribution < -0.4 is 0 Å². The van der Waals surface area contributed by atoms with E-state index >= 15 is 0 Å². The van der Waals surface area contributed by atoms with Gasteiger partial charge in [-0.2, -0.15) is 0 Å². The number of imide groups is 1. The average Bonchev–Trinajstić information content (AvgIpc) is 2.55. The maximum Gasteiger partial charge on any atom is 0.261 e. The Hall–Kier alpha value is -2.16. The summed E-state index contributed by atoms with van der Waals surface area (Å²) in [5.74, 6) is -0.417. The Balaban J connectivity index is 2.50. The fraction of sp³-hybridized carbons (Fsp3) is 0.143. The lowest BCUT2D eigenvalue weighted by atomic mass is 9.96. The highest BCUT2D eigenvalue weighted by atomic mass is 16.2. The van der Waals surface area contributed by atoms with Crippen LogP contribution in [0.3, 0.4) is 0 Å². The summed E-state index contributed by atoms with van der Waals surface area (Å²) in [6.45, 7) is 1.96. The maximum absolute atomic E-state index is 12.0. The molecule has 2 aromatic rings. The second kappa shape index (κ2) is 3.17. The highest BCUT2D eigenvalue weighted by Gasteiger charge is 2.34. The number of amides is 2. The number of hydrogen-bond acceptors (Lipinski definition) is 2. The molecule has 3 nitrogen and oxygen atoms in total.